The number of carbonyl (C=O) groups is 2. The van der Waals surface area contributed by atoms with E-state index in [2.05, 4.69) is 4.74 Å². The van der Waals surface area contributed by atoms with Crippen molar-refractivity contribution in [1.29, 1.82) is 0 Å². The van der Waals surface area contributed by atoms with E-state index in [1.54, 1.807) is 0 Å². The molecule has 0 rings (SSSR count). The van der Waals surface area contributed by atoms with Crippen molar-refractivity contribution in [3.05, 3.63) is 0 Å². The highest BCUT2D eigenvalue weighted by molar-refractivity contribution is 5.78. The largest absolute Gasteiger partial charge is 0.481 e. The fourth-order valence-corrected chi connectivity index (χ4v) is 1.05. The van der Waals surface area contributed by atoms with E-state index in [0.717, 1.165) is 12.8 Å². The second kappa shape index (κ2) is 6.46. The molecule has 13 heavy (non-hydrogen) atoms. The molecule has 0 saturated heterocycles. The summed E-state index contributed by atoms with van der Waals surface area (Å²) in [5.74, 6) is -1.96. The molecule has 0 bridgehead atoms. The number of methoxy groups -OCH3 is 1. The van der Waals surface area contributed by atoms with Crippen molar-refractivity contribution in [2.24, 2.45) is 5.92 Å². The Bertz CT molecular complexity index is 176. The van der Waals surface area contributed by atoms with Crippen LogP contribution in [0.15, 0.2) is 0 Å². The first-order valence-corrected chi connectivity index (χ1v) is 4.41. The summed E-state index contributed by atoms with van der Waals surface area (Å²) in [4.78, 5) is 21.5. The number of unbranched alkanes of at least 4 members (excludes halogenated alkanes) is 1. The Hall–Kier alpha value is -1.06. The van der Waals surface area contributed by atoms with Gasteiger partial charge in [-0.3, -0.25) is 9.59 Å². The lowest BCUT2D eigenvalue weighted by molar-refractivity contribution is -0.150. The van der Waals surface area contributed by atoms with Gasteiger partial charge in [0.1, 0.15) is 0 Å². The fraction of sp³-hybridized carbons (Fsp3) is 0.778. The van der Waals surface area contributed by atoms with E-state index in [0.29, 0.717) is 6.42 Å². The molecule has 0 aliphatic heterocycles. The number of carboxylic acids is 1. The topological polar surface area (TPSA) is 63.6 Å². The standard InChI is InChI=1S/C9H16O4/c1-3-4-5-7(9(11)12)6-8(10)13-2/h7H,3-6H2,1-2H3,(H,11,12). The van der Waals surface area contributed by atoms with E-state index < -0.39 is 17.9 Å². The lowest BCUT2D eigenvalue weighted by atomic mass is 9.99. The summed E-state index contributed by atoms with van der Waals surface area (Å²) in [5, 5.41) is 8.74. The molecule has 0 aliphatic rings. The minimum Gasteiger partial charge on any atom is -0.481 e. The predicted molar refractivity (Wildman–Crippen MR) is 47.3 cm³/mol. The van der Waals surface area contributed by atoms with Gasteiger partial charge in [0, 0.05) is 0 Å². The predicted octanol–water partition coefficient (Wildman–Crippen LogP) is 1.44. The zero-order valence-electron chi connectivity index (χ0n) is 8.08. The number of aliphatic carboxylic acids is 1. The molecular weight excluding hydrogens is 172 g/mol. The molecule has 0 aromatic carbocycles. The molecule has 0 heterocycles. The van der Waals surface area contributed by atoms with Crippen LogP contribution in [0.25, 0.3) is 0 Å². The summed E-state index contributed by atoms with van der Waals surface area (Å²) in [6, 6.07) is 0. The summed E-state index contributed by atoms with van der Waals surface area (Å²) in [6.45, 7) is 1.98. The van der Waals surface area contributed by atoms with Crippen LogP contribution in [0.3, 0.4) is 0 Å². The number of ether oxygens (including phenoxy) is 1. The van der Waals surface area contributed by atoms with Crippen molar-refractivity contribution < 1.29 is 19.4 Å². The smallest absolute Gasteiger partial charge is 0.307 e. The Morgan fingerprint density at radius 3 is 2.46 bits per heavy atom. The third-order valence-corrected chi connectivity index (χ3v) is 1.90. The highest BCUT2D eigenvalue weighted by Gasteiger charge is 2.20. The molecule has 0 aliphatic carbocycles. The van der Waals surface area contributed by atoms with Gasteiger partial charge in [-0.05, 0) is 6.42 Å². The Morgan fingerprint density at radius 1 is 1.46 bits per heavy atom. The van der Waals surface area contributed by atoms with Gasteiger partial charge in [-0.25, -0.2) is 0 Å². The van der Waals surface area contributed by atoms with Crippen LogP contribution in [0, 0.1) is 5.92 Å². The van der Waals surface area contributed by atoms with Gasteiger partial charge in [-0.2, -0.15) is 0 Å². The molecule has 4 heteroatoms. The third kappa shape index (κ3) is 5.22. The van der Waals surface area contributed by atoms with Gasteiger partial charge in [0.25, 0.3) is 0 Å². The van der Waals surface area contributed by atoms with Gasteiger partial charge in [0.15, 0.2) is 0 Å². The van der Waals surface area contributed by atoms with Crippen LogP contribution in [0.2, 0.25) is 0 Å². The monoisotopic (exact) mass is 188 g/mol. The zero-order valence-corrected chi connectivity index (χ0v) is 8.08. The van der Waals surface area contributed by atoms with Crippen LogP contribution in [-0.4, -0.2) is 24.2 Å². The highest BCUT2D eigenvalue weighted by atomic mass is 16.5. The molecule has 76 valence electrons. The number of rotatable bonds is 6. The first-order chi connectivity index (χ1) is 6.11. The van der Waals surface area contributed by atoms with E-state index in [-0.39, 0.29) is 6.42 Å². The van der Waals surface area contributed by atoms with Crippen LogP contribution in [0.1, 0.15) is 32.6 Å². The quantitative estimate of drug-likeness (QED) is 0.640. The third-order valence-electron chi connectivity index (χ3n) is 1.90. The molecule has 1 N–H and O–H groups in total. The highest BCUT2D eigenvalue weighted by Crippen LogP contribution is 2.13. The average Bonchev–Trinajstić information content (AvgIpc) is 2.11. The van der Waals surface area contributed by atoms with Gasteiger partial charge in [-0.1, -0.05) is 19.8 Å². The van der Waals surface area contributed by atoms with Crippen molar-refractivity contribution >= 4 is 11.9 Å². The molecule has 4 nitrogen and oxygen atoms in total. The maximum atomic E-state index is 10.8. The minimum absolute atomic E-state index is 0.0220. The molecule has 0 radical (unpaired) electrons. The molecule has 1 atom stereocenters. The number of carbonyl (C=O) groups excluding carboxylic acids is 1. The number of carboxylic acid groups (broad SMARTS) is 1. The molecule has 0 spiro atoms. The van der Waals surface area contributed by atoms with Gasteiger partial charge in [0.05, 0.1) is 19.4 Å². The molecule has 1 unspecified atom stereocenters. The molecule has 0 aromatic heterocycles. The van der Waals surface area contributed by atoms with E-state index in [4.69, 9.17) is 5.11 Å². The maximum absolute atomic E-state index is 10.8. The summed E-state index contributed by atoms with van der Waals surface area (Å²) in [6.07, 6.45) is 2.28. The van der Waals surface area contributed by atoms with Crippen molar-refractivity contribution in [3.8, 4) is 0 Å². The Labute approximate surface area is 77.9 Å². The maximum Gasteiger partial charge on any atom is 0.307 e. The summed E-state index contributed by atoms with van der Waals surface area (Å²) in [7, 11) is 1.26. The number of esters is 1. The Morgan fingerprint density at radius 2 is 2.08 bits per heavy atom. The first-order valence-electron chi connectivity index (χ1n) is 4.41. The van der Waals surface area contributed by atoms with E-state index in [1.807, 2.05) is 6.92 Å². The summed E-state index contributed by atoms with van der Waals surface area (Å²) >= 11 is 0. The molecule has 0 aromatic rings. The number of hydrogen-bond donors (Lipinski definition) is 1. The summed E-state index contributed by atoms with van der Waals surface area (Å²) < 4.78 is 4.41. The molecule has 0 fully saturated rings. The average molecular weight is 188 g/mol. The normalized spacial score (nSPS) is 12.2. The van der Waals surface area contributed by atoms with Gasteiger partial charge in [-0.15, -0.1) is 0 Å². The number of hydrogen-bond acceptors (Lipinski definition) is 3. The second-order valence-corrected chi connectivity index (χ2v) is 2.96. The van der Waals surface area contributed by atoms with E-state index in [9.17, 15) is 9.59 Å². The Balaban J connectivity index is 3.94. The van der Waals surface area contributed by atoms with Gasteiger partial charge in [0.2, 0.25) is 0 Å². The van der Waals surface area contributed by atoms with E-state index in [1.165, 1.54) is 7.11 Å². The molecule has 0 saturated carbocycles. The van der Waals surface area contributed by atoms with Crippen LogP contribution in [0.5, 0.6) is 0 Å². The van der Waals surface area contributed by atoms with Crippen molar-refractivity contribution in [2.45, 2.75) is 32.6 Å². The Kier molecular flexibility index (Phi) is 5.93. The van der Waals surface area contributed by atoms with Crippen LogP contribution in [-0.2, 0) is 14.3 Å². The van der Waals surface area contributed by atoms with Crippen molar-refractivity contribution in [2.75, 3.05) is 7.11 Å². The van der Waals surface area contributed by atoms with Gasteiger partial charge < -0.3 is 9.84 Å². The van der Waals surface area contributed by atoms with Crippen molar-refractivity contribution in [1.82, 2.24) is 0 Å². The lowest BCUT2D eigenvalue weighted by Crippen LogP contribution is -2.18. The van der Waals surface area contributed by atoms with Crippen LogP contribution in [0.4, 0.5) is 0 Å². The van der Waals surface area contributed by atoms with Gasteiger partial charge >= 0.3 is 11.9 Å². The minimum atomic E-state index is -0.918. The zero-order chi connectivity index (χ0) is 10.3. The second-order valence-electron chi connectivity index (χ2n) is 2.96. The molecule has 0 amide bonds. The summed E-state index contributed by atoms with van der Waals surface area (Å²) in [5.41, 5.74) is 0. The fourth-order valence-electron chi connectivity index (χ4n) is 1.05. The lowest BCUT2D eigenvalue weighted by Gasteiger charge is -2.09. The van der Waals surface area contributed by atoms with Crippen LogP contribution >= 0.6 is 0 Å². The SMILES string of the molecule is CCCCC(CC(=O)OC)C(=O)O. The van der Waals surface area contributed by atoms with Crippen molar-refractivity contribution in [3.63, 3.8) is 0 Å². The van der Waals surface area contributed by atoms with Crippen LogP contribution < -0.4 is 0 Å². The van der Waals surface area contributed by atoms with E-state index >= 15 is 0 Å². The molecular formula is C9H16O4. The first kappa shape index (κ1) is 11.9.